The Kier molecular flexibility index (Phi) is 14.4. The summed E-state index contributed by atoms with van der Waals surface area (Å²) in [6.45, 7) is 0.284. The Morgan fingerprint density at radius 1 is 0.633 bits per heavy atom. The second kappa shape index (κ2) is 14.5. The van der Waals surface area contributed by atoms with Crippen LogP contribution in [0.3, 0.4) is 0 Å². The van der Waals surface area contributed by atoms with Crippen LogP contribution in [-0.4, -0.2) is 24.0 Å². The van der Waals surface area contributed by atoms with Gasteiger partial charge in [-0.05, 0) is 29.5 Å². The maximum atomic E-state index is 8.97. The summed E-state index contributed by atoms with van der Waals surface area (Å²) in [6, 6.07) is 31.4. The fourth-order valence-corrected chi connectivity index (χ4v) is 3.63. The second-order valence-corrected chi connectivity index (χ2v) is 6.30. The molecule has 0 heterocycles. The van der Waals surface area contributed by atoms with Crippen LogP contribution in [0.5, 0.6) is 0 Å². The first kappa shape index (κ1) is 29.8. The Hall–Kier alpha value is -2.44. The van der Waals surface area contributed by atoms with E-state index in [2.05, 4.69) is 72.8 Å². The summed E-state index contributed by atoms with van der Waals surface area (Å²) in [5, 5.41) is 17.9. The SMILES string of the molecule is C.C.C.N.OB(O)OCCCC(c1ccccc1)(c1ccccc1)c1ccccc1. The molecule has 4 nitrogen and oxygen atoms in total. The van der Waals surface area contributed by atoms with Crippen LogP contribution in [-0.2, 0) is 10.1 Å². The van der Waals surface area contributed by atoms with Gasteiger partial charge in [-0.1, -0.05) is 113 Å². The van der Waals surface area contributed by atoms with Crippen molar-refractivity contribution in [1.29, 1.82) is 0 Å². The first-order valence-corrected chi connectivity index (χ1v) is 8.88. The minimum atomic E-state index is -1.73. The Bertz CT molecular complexity index is 687. The molecule has 0 unspecified atom stereocenters. The molecule has 0 radical (unpaired) electrons. The van der Waals surface area contributed by atoms with E-state index in [0.29, 0.717) is 6.42 Å². The molecule has 0 amide bonds. The van der Waals surface area contributed by atoms with Crippen molar-refractivity contribution in [2.45, 2.75) is 40.5 Å². The highest BCUT2D eigenvalue weighted by Gasteiger charge is 2.35. The molecule has 5 N–H and O–H groups in total. The Labute approximate surface area is 183 Å². The predicted octanol–water partition coefficient (Wildman–Crippen LogP) is 5.86. The molecular weight excluding hydrogens is 373 g/mol. The average molecular weight is 411 g/mol. The van der Waals surface area contributed by atoms with Crippen LogP contribution < -0.4 is 6.15 Å². The van der Waals surface area contributed by atoms with Gasteiger partial charge in [-0.25, -0.2) is 0 Å². The zero-order valence-corrected chi connectivity index (χ0v) is 15.4. The molecule has 0 bridgehead atoms. The molecule has 3 aromatic carbocycles. The highest BCUT2D eigenvalue weighted by Crippen LogP contribution is 2.42. The molecule has 0 saturated heterocycles. The van der Waals surface area contributed by atoms with Gasteiger partial charge < -0.3 is 20.9 Å². The summed E-state index contributed by atoms with van der Waals surface area (Å²) in [5.74, 6) is 0. The van der Waals surface area contributed by atoms with Crippen LogP contribution in [0.25, 0.3) is 0 Å². The van der Waals surface area contributed by atoms with Crippen molar-refractivity contribution >= 4 is 7.32 Å². The minimum absolute atomic E-state index is 0. The number of hydrogen-bond donors (Lipinski definition) is 3. The van der Waals surface area contributed by atoms with Crippen LogP contribution >= 0.6 is 0 Å². The summed E-state index contributed by atoms with van der Waals surface area (Å²) in [6.07, 6.45) is 1.48. The van der Waals surface area contributed by atoms with Crippen molar-refractivity contribution in [1.82, 2.24) is 6.15 Å². The number of benzene rings is 3. The fourth-order valence-electron chi connectivity index (χ4n) is 3.63. The maximum Gasteiger partial charge on any atom is 0.633 e. The molecule has 0 aliphatic rings. The van der Waals surface area contributed by atoms with Gasteiger partial charge in [-0.3, -0.25) is 0 Å². The largest absolute Gasteiger partial charge is 0.633 e. The van der Waals surface area contributed by atoms with Crippen molar-refractivity contribution in [3.63, 3.8) is 0 Å². The lowest BCUT2D eigenvalue weighted by Crippen LogP contribution is -2.30. The Balaban J connectivity index is 0. The quantitative estimate of drug-likeness (QED) is 0.246. The highest BCUT2D eigenvalue weighted by molar-refractivity contribution is 6.32. The van der Waals surface area contributed by atoms with Crippen LogP contribution in [0.4, 0.5) is 0 Å². The van der Waals surface area contributed by atoms with Gasteiger partial charge in [0, 0.05) is 12.0 Å². The molecule has 0 spiro atoms. The number of rotatable bonds is 8. The first-order valence-electron chi connectivity index (χ1n) is 8.88. The van der Waals surface area contributed by atoms with Crippen molar-refractivity contribution in [2.24, 2.45) is 0 Å². The zero-order valence-electron chi connectivity index (χ0n) is 15.4. The third-order valence-corrected chi connectivity index (χ3v) is 4.76. The number of hydrogen-bond acceptors (Lipinski definition) is 4. The molecule has 0 aliphatic heterocycles. The lowest BCUT2D eigenvalue weighted by molar-refractivity contribution is 0.179. The van der Waals surface area contributed by atoms with E-state index in [4.69, 9.17) is 14.7 Å². The molecule has 0 fully saturated rings. The molecule has 0 aromatic heterocycles. The van der Waals surface area contributed by atoms with E-state index in [1.807, 2.05) is 18.2 Å². The molecule has 0 saturated carbocycles. The molecule has 5 heteroatoms. The zero-order chi connectivity index (χ0) is 18.2. The van der Waals surface area contributed by atoms with Crippen molar-refractivity contribution in [2.75, 3.05) is 6.61 Å². The molecule has 0 atom stereocenters. The van der Waals surface area contributed by atoms with Gasteiger partial charge in [-0.2, -0.15) is 0 Å². The third-order valence-electron chi connectivity index (χ3n) is 4.76. The van der Waals surface area contributed by atoms with E-state index >= 15 is 0 Å². The van der Waals surface area contributed by atoms with E-state index in [1.54, 1.807) is 0 Å². The molecular formula is C25H38BNO3. The van der Waals surface area contributed by atoms with Crippen LogP contribution in [0.2, 0.25) is 0 Å². The normalized spacial score (nSPS) is 9.80. The van der Waals surface area contributed by atoms with E-state index < -0.39 is 7.32 Å². The minimum Gasteiger partial charge on any atom is -0.402 e. The lowest BCUT2D eigenvalue weighted by atomic mass is 9.67. The molecule has 3 rings (SSSR count). The third kappa shape index (κ3) is 6.82. The first-order chi connectivity index (χ1) is 12.7. The van der Waals surface area contributed by atoms with Crippen LogP contribution in [0.1, 0.15) is 51.8 Å². The van der Waals surface area contributed by atoms with E-state index in [0.717, 1.165) is 6.42 Å². The molecule has 164 valence electrons. The van der Waals surface area contributed by atoms with Crippen LogP contribution in [0, 0.1) is 0 Å². The summed E-state index contributed by atoms with van der Waals surface area (Å²) < 4.78 is 4.96. The Morgan fingerprint density at radius 2 is 0.967 bits per heavy atom. The summed E-state index contributed by atoms with van der Waals surface area (Å²) in [4.78, 5) is 0. The van der Waals surface area contributed by atoms with Crippen molar-refractivity contribution in [3.05, 3.63) is 108 Å². The second-order valence-electron chi connectivity index (χ2n) is 6.30. The van der Waals surface area contributed by atoms with Gasteiger partial charge in [0.05, 0.1) is 0 Å². The van der Waals surface area contributed by atoms with Gasteiger partial charge in [-0.15, -0.1) is 0 Å². The maximum absolute atomic E-state index is 8.97. The van der Waals surface area contributed by atoms with Gasteiger partial charge >= 0.3 is 7.32 Å². The molecule has 30 heavy (non-hydrogen) atoms. The lowest BCUT2D eigenvalue weighted by Gasteiger charge is -2.36. The topological polar surface area (TPSA) is 84.7 Å². The summed E-state index contributed by atoms with van der Waals surface area (Å²) in [5.41, 5.74) is 3.30. The van der Waals surface area contributed by atoms with E-state index in [9.17, 15) is 0 Å². The van der Waals surface area contributed by atoms with E-state index in [1.165, 1.54) is 16.7 Å². The van der Waals surface area contributed by atoms with Gasteiger partial charge in [0.15, 0.2) is 0 Å². The smallest absolute Gasteiger partial charge is 0.402 e. The Morgan fingerprint density at radius 3 is 1.27 bits per heavy atom. The highest BCUT2D eigenvalue weighted by atomic mass is 16.6. The van der Waals surface area contributed by atoms with Gasteiger partial charge in [0.2, 0.25) is 0 Å². The van der Waals surface area contributed by atoms with E-state index in [-0.39, 0.29) is 40.5 Å². The summed E-state index contributed by atoms with van der Waals surface area (Å²) >= 11 is 0. The van der Waals surface area contributed by atoms with Gasteiger partial charge in [0.25, 0.3) is 0 Å². The standard InChI is InChI=1S/C22H23BO3.3CH4.H3N/c24-23(25)26-18-10-17-22(19-11-4-1-5-12-19,20-13-6-2-7-14-20)21-15-8-3-9-16-21;;;;/h1-9,11-16,24-25H,10,17-18H2;3*1H4;1H3. The fraction of sp³-hybridized carbons (Fsp3) is 0.280. The predicted molar refractivity (Wildman–Crippen MR) is 130 cm³/mol. The summed E-state index contributed by atoms with van der Waals surface area (Å²) in [7, 11) is -1.73. The monoisotopic (exact) mass is 411 g/mol. The average Bonchev–Trinajstić information content (AvgIpc) is 2.70. The van der Waals surface area contributed by atoms with Gasteiger partial charge in [0.1, 0.15) is 0 Å². The molecule has 0 aliphatic carbocycles. The van der Waals surface area contributed by atoms with Crippen molar-refractivity contribution in [3.8, 4) is 0 Å². The van der Waals surface area contributed by atoms with Crippen molar-refractivity contribution < 1.29 is 14.7 Å². The van der Waals surface area contributed by atoms with Crippen LogP contribution in [0.15, 0.2) is 91.0 Å². The molecule has 3 aromatic rings.